The number of furan rings is 1. The van der Waals surface area contributed by atoms with Crippen LogP contribution in [0.2, 0.25) is 0 Å². The zero-order valence-corrected chi connectivity index (χ0v) is 10.3. The number of rotatable bonds is 5. The van der Waals surface area contributed by atoms with Crippen LogP contribution < -0.4 is 11.1 Å². The summed E-state index contributed by atoms with van der Waals surface area (Å²) < 4.78 is 5.29. The van der Waals surface area contributed by atoms with Crippen molar-refractivity contribution in [3.8, 4) is 0 Å². The first-order valence-corrected chi connectivity index (χ1v) is 5.78. The number of carboxylic acid groups (broad SMARTS) is 1. The van der Waals surface area contributed by atoms with E-state index in [1.165, 1.54) is 6.07 Å². The Balaban J connectivity index is 2.17. The number of hydrogen-bond acceptors (Lipinski definition) is 4. The fourth-order valence-electron chi connectivity index (χ4n) is 1.72. The van der Waals surface area contributed by atoms with Gasteiger partial charge in [-0.05, 0) is 12.1 Å². The monoisotopic (exact) mass is 276 g/mol. The highest BCUT2D eigenvalue weighted by molar-refractivity contribution is 5.98. The Morgan fingerprint density at radius 3 is 2.60 bits per heavy atom. The number of carbonyl (C=O) groups is 3. The Bertz CT molecular complexity index is 643. The fourth-order valence-corrected chi connectivity index (χ4v) is 1.72. The summed E-state index contributed by atoms with van der Waals surface area (Å²) in [6.07, 6.45) is -0.485. The average Bonchev–Trinajstić information content (AvgIpc) is 2.81. The van der Waals surface area contributed by atoms with E-state index < -0.39 is 30.2 Å². The Labute approximate surface area is 113 Å². The van der Waals surface area contributed by atoms with Crippen LogP contribution in [0.25, 0.3) is 11.0 Å². The zero-order chi connectivity index (χ0) is 14.7. The van der Waals surface area contributed by atoms with Crippen molar-refractivity contribution in [1.82, 2.24) is 5.32 Å². The fraction of sp³-hybridized carbons (Fsp3) is 0.154. The summed E-state index contributed by atoms with van der Waals surface area (Å²) in [5.41, 5.74) is 5.44. The van der Waals surface area contributed by atoms with Crippen LogP contribution in [0.3, 0.4) is 0 Å². The number of fused-ring (bicyclic) bond motifs is 1. The number of carbonyl (C=O) groups excluding carboxylic acids is 2. The third-order valence-electron chi connectivity index (χ3n) is 2.66. The van der Waals surface area contributed by atoms with Crippen LogP contribution in [-0.4, -0.2) is 28.9 Å². The molecule has 1 heterocycles. The Hall–Kier alpha value is -2.83. The van der Waals surface area contributed by atoms with E-state index in [9.17, 15) is 14.4 Å². The molecule has 1 unspecified atom stereocenters. The van der Waals surface area contributed by atoms with Crippen LogP contribution in [0.4, 0.5) is 0 Å². The predicted molar refractivity (Wildman–Crippen MR) is 68.9 cm³/mol. The van der Waals surface area contributed by atoms with E-state index in [1.807, 2.05) is 0 Å². The summed E-state index contributed by atoms with van der Waals surface area (Å²) in [7, 11) is 0. The SMILES string of the molecule is NC(=O)CC(NC(=O)c1cc2ccccc2o1)C(=O)O. The minimum atomic E-state index is -1.38. The summed E-state index contributed by atoms with van der Waals surface area (Å²) in [6, 6.07) is 7.09. The van der Waals surface area contributed by atoms with E-state index >= 15 is 0 Å². The number of benzene rings is 1. The number of para-hydroxylation sites is 1. The molecule has 0 aliphatic rings. The van der Waals surface area contributed by atoms with Crippen LogP contribution in [0.5, 0.6) is 0 Å². The zero-order valence-electron chi connectivity index (χ0n) is 10.3. The maximum Gasteiger partial charge on any atom is 0.326 e. The van der Waals surface area contributed by atoms with E-state index in [0.29, 0.717) is 5.58 Å². The molecule has 104 valence electrons. The van der Waals surface area contributed by atoms with Crippen molar-refractivity contribution in [2.24, 2.45) is 5.73 Å². The van der Waals surface area contributed by atoms with E-state index in [0.717, 1.165) is 5.39 Å². The summed E-state index contributed by atoms with van der Waals surface area (Å²) in [5, 5.41) is 11.8. The molecule has 0 spiro atoms. The number of hydrogen-bond donors (Lipinski definition) is 3. The molecule has 0 saturated heterocycles. The second-order valence-corrected chi connectivity index (χ2v) is 4.18. The van der Waals surface area contributed by atoms with Gasteiger partial charge in [0.15, 0.2) is 5.76 Å². The van der Waals surface area contributed by atoms with Gasteiger partial charge < -0.3 is 20.6 Å². The normalized spacial score (nSPS) is 12.0. The van der Waals surface area contributed by atoms with Gasteiger partial charge in [-0.2, -0.15) is 0 Å². The number of amides is 2. The molecule has 7 nitrogen and oxygen atoms in total. The number of aliphatic carboxylic acids is 1. The molecule has 0 fully saturated rings. The molecule has 1 atom stereocenters. The maximum absolute atomic E-state index is 11.9. The molecule has 20 heavy (non-hydrogen) atoms. The summed E-state index contributed by atoms with van der Waals surface area (Å²) in [6.45, 7) is 0. The second-order valence-electron chi connectivity index (χ2n) is 4.18. The molecule has 2 aromatic rings. The first-order valence-electron chi connectivity index (χ1n) is 5.78. The molecule has 0 radical (unpaired) electrons. The van der Waals surface area contributed by atoms with Crippen LogP contribution in [-0.2, 0) is 9.59 Å². The molecule has 7 heteroatoms. The van der Waals surface area contributed by atoms with Gasteiger partial charge in [-0.15, -0.1) is 0 Å². The molecule has 4 N–H and O–H groups in total. The lowest BCUT2D eigenvalue weighted by Crippen LogP contribution is -2.43. The molecule has 0 aliphatic heterocycles. The third kappa shape index (κ3) is 2.94. The highest BCUT2D eigenvalue weighted by Gasteiger charge is 2.24. The minimum Gasteiger partial charge on any atom is -0.480 e. The third-order valence-corrected chi connectivity index (χ3v) is 2.66. The van der Waals surface area contributed by atoms with Crippen LogP contribution in [0, 0.1) is 0 Å². The van der Waals surface area contributed by atoms with Crippen molar-refractivity contribution in [3.05, 3.63) is 36.1 Å². The molecular weight excluding hydrogens is 264 g/mol. The van der Waals surface area contributed by atoms with Crippen LogP contribution >= 0.6 is 0 Å². The lowest BCUT2D eigenvalue weighted by atomic mass is 10.2. The van der Waals surface area contributed by atoms with Gasteiger partial charge in [-0.1, -0.05) is 18.2 Å². The van der Waals surface area contributed by atoms with E-state index in [2.05, 4.69) is 5.32 Å². The van der Waals surface area contributed by atoms with E-state index in [1.54, 1.807) is 24.3 Å². The van der Waals surface area contributed by atoms with Gasteiger partial charge in [0.05, 0.1) is 6.42 Å². The van der Waals surface area contributed by atoms with Gasteiger partial charge in [0.25, 0.3) is 5.91 Å². The quantitative estimate of drug-likeness (QED) is 0.733. The second kappa shape index (κ2) is 5.43. The number of carboxylic acids is 1. The summed E-state index contributed by atoms with van der Waals surface area (Å²) >= 11 is 0. The van der Waals surface area contributed by atoms with Crippen molar-refractivity contribution in [1.29, 1.82) is 0 Å². The van der Waals surface area contributed by atoms with Gasteiger partial charge in [-0.25, -0.2) is 4.79 Å². The van der Waals surface area contributed by atoms with E-state index in [-0.39, 0.29) is 5.76 Å². The standard InChI is InChI=1S/C13H12N2O5/c14-11(16)6-8(13(18)19)15-12(17)10-5-7-3-1-2-4-9(7)20-10/h1-5,8H,6H2,(H2,14,16)(H,15,17)(H,18,19). The lowest BCUT2D eigenvalue weighted by molar-refractivity contribution is -0.140. The average molecular weight is 276 g/mol. The molecular formula is C13H12N2O5. The van der Waals surface area contributed by atoms with Crippen LogP contribution in [0.1, 0.15) is 17.0 Å². The van der Waals surface area contributed by atoms with Crippen molar-refractivity contribution < 1.29 is 23.9 Å². The van der Waals surface area contributed by atoms with Crippen LogP contribution in [0.15, 0.2) is 34.7 Å². The van der Waals surface area contributed by atoms with Gasteiger partial charge in [0, 0.05) is 5.39 Å². The predicted octanol–water partition coefficient (Wildman–Crippen LogP) is 0.491. The molecule has 0 aliphatic carbocycles. The first-order chi connectivity index (χ1) is 9.47. The largest absolute Gasteiger partial charge is 0.480 e. The van der Waals surface area contributed by atoms with Crippen molar-refractivity contribution in [2.45, 2.75) is 12.5 Å². The summed E-state index contributed by atoms with van der Waals surface area (Å²) in [4.78, 5) is 33.6. The molecule has 0 saturated carbocycles. The van der Waals surface area contributed by atoms with Crippen molar-refractivity contribution >= 4 is 28.8 Å². The number of nitrogens with one attached hydrogen (secondary N) is 1. The Kier molecular flexibility index (Phi) is 3.69. The highest BCUT2D eigenvalue weighted by Crippen LogP contribution is 2.18. The Morgan fingerprint density at radius 2 is 2.00 bits per heavy atom. The van der Waals surface area contributed by atoms with Crippen molar-refractivity contribution in [3.63, 3.8) is 0 Å². The van der Waals surface area contributed by atoms with Gasteiger partial charge in [0.1, 0.15) is 11.6 Å². The minimum absolute atomic E-state index is 0.0260. The van der Waals surface area contributed by atoms with E-state index in [4.69, 9.17) is 15.3 Å². The molecule has 1 aromatic carbocycles. The van der Waals surface area contributed by atoms with Gasteiger partial charge in [-0.3, -0.25) is 9.59 Å². The first kappa shape index (κ1) is 13.6. The summed E-state index contributed by atoms with van der Waals surface area (Å²) in [5.74, 6) is -2.90. The topological polar surface area (TPSA) is 123 Å². The van der Waals surface area contributed by atoms with Gasteiger partial charge in [0.2, 0.25) is 5.91 Å². The molecule has 0 bridgehead atoms. The van der Waals surface area contributed by atoms with Crippen molar-refractivity contribution in [2.75, 3.05) is 0 Å². The highest BCUT2D eigenvalue weighted by atomic mass is 16.4. The smallest absolute Gasteiger partial charge is 0.326 e. The van der Waals surface area contributed by atoms with Gasteiger partial charge >= 0.3 is 5.97 Å². The lowest BCUT2D eigenvalue weighted by Gasteiger charge is -2.11. The molecule has 2 rings (SSSR count). The molecule has 2 amide bonds. The Morgan fingerprint density at radius 1 is 1.30 bits per heavy atom. The maximum atomic E-state index is 11.9. The molecule has 1 aromatic heterocycles. The number of nitrogens with two attached hydrogens (primary N) is 1. The number of primary amides is 1.